The summed E-state index contributed by atoms with van der Waals surface area (Å²) in [5, 5.41) is 0. The second-order valence-electron chi connectivity index (χ2n) is 11.6. The van der Waals surface area contributed by atoms with E-state index in [1.165, 1.54) is 44.9 Å². The lowest BCUT2D eigenvalue weighted by molar-refractivity contribution is -0.219. The number of esters is 1. The second kappa shape index (κ2) is 6.95. The first-order chi connectivity index (χ1) is 13.8. The number of hydrogen-bond donors (Lipinski definition) is 0. The van der Waals surface area contributed by atoms with Gasteiger partial charge in [-0.15, -0.1) is 0 Å². The zero-order valence-corrected chi connectivity index (χ0v) is 18.9. The average molecular weight is 405 g/mol. The van der Waals surface area contributed by atoms with Crippen molar-refractivity contribution in [1.29, 1.82) is 0 Å². The van der Waals surface area contributed by atoms with Crippen molar-refractivity contribution in [2.45, 2.75) is 97.4 Å². The molecule has 164 valence electrons. The predicted octanol–water partition coefficient (Wildman–Crippen LogP) is 5.34. The van der Waals surface area contributed by atoms with Gasteiger partial charge in [0.15, 0.2) is 5.79 Å². The Morgan fingerprint density at radius 3 is 2.28 bits per heavy atom. The average Bonchev–Trinajstić information content (AvgIpc) is 3.25. The van der Waals surface area contributed by atoms with E-state index in [9.17, 15) is 4.79 Å². The Hall–Kier alpha value is -0.610. The second-order valence-corrected chi connectivity index (χ2v) is 11.6. The first kappa shape index (κ1) is 20.3. The topological polar surface area (TPSA) is 44.8 Å². The van der Waals surface area contributed by atoms with E-state index in [2.05, 4.69) is 20.8 Å². The van der Waals surface area contributed by atoms with Crippen molar-refractivity contribution in [2.24, 2.45) is 40.4 Å². The van der Waals surface area contributed by atoms with Gasteiger partial charge in [-0.1, -0.05) is 13.8 Å². The summed E-state index contributed by atoms with van der Waals surface area (Å²) in [4.78, 5) is 11.5. The molecule has 5 fully saturated rings. The summed E-state index contributed by atoms with van der Waals surface area (Å²) in [5.41, 5.74) is 0.793. The minimum atomic E-state index is -0.362. The molecule has 5 aliphatic rings. The van der Waals surface area contributed by atoms with Crippen molar-refractivity contribution in [3.05, 3.63) is 0 Å². The molecule has 1 aliphatic heterocycles. The molecule has 1 heterocycles. The molecule has 8 atom stereocenters. The lowest BCUT2D eigenvalue weighted by Crippen LogP contribution is -2.55. The fourth-order valence-electron chi connectivity index (χ4n) is 9.15. The van der Waals surface area contributed by atoms with Crippen LogP contribution in [0.1, 0.15) is 85.5 Å². The van der Waals surface area contributed by atoms with Crippen LogP contribution in [0.15, 0.2) is 0 Å². The van der Waals surface area contributed by atoms with Crippen molar-refractivity contribution in [3.8, 4) is 0 Å². The molecule has 0 radical (unpaired) electrons. The third kappa shape index (κ3) is 3.03. The lowest BCUT2D eigenvalue weighted by atomic mass is 9.44. The normalized spacial score (nSPS) is 51.0. The Morgan fingerprint density at radius 1 is 0.862 bits per heavy atom. The third-order valence-corrected chi connectivity index (χ3v) is 10.4. The number of hydrogen-bond acceptors (Lipinski definition) is 4. The van der Waals surface area contributed by atoms with Gasteiger partial charge >= 0.3 is 5.97 Å². The highest BCUT2D eigenvalue weighted by Gasteiger charge is 2.63. The maximum atomic E-state index is 11.5. The fourth-order valence-corrected chi connectivity index (χ4v) is 9.15. The van der Waals surface area contributed by atoms with Gasteiger partial charge in [0.25, 0.3) is 0 Å². The van der Waals surface area contributed by atoms with E-state index < -0.39 is 0 Å². The monoisotopic (exact) mass is 404 g/mol. The van der Waals surface area contributed by atoms with Crippen LogP contribution >= 0.6 is 0 Å². The highest BCUT2D eigenvalue weighted by molar-refractivity contribution is 5.66. The van der Waals surface area contributed by atoms with Gasteiger partial charge in [-0.3, -0.25) is 4.79 Å². The smallest absolute Gasteiger partial charge is 0.302 e. The Balaban J connectivity index is 1.35. The molecule has 1 saturated heterocycles. The Kier molecular flexibility index (Phi) is 4.87. The van der Waals surface area contributed by atoms with Gasteiger partial charge in [-0.05, 0) is 99.2 Å². The van der Waals surface area contributed by atoms with E-state index in [0.29, 0.717) is 16.7 Å². The van der Waals surface area contributed by atoms with Crippen LogP contribution in [0.25, 0.3) is 0 Å². The predicted molar refractivity (Wildman–Crippen MR) is 111 cm³/mol. The SMILES string of the molecule is CC(=O)O[C@@H]1CC[C@]2(C)C3CC[C@]4(C)[C@@H](C5(C)OCCO5)CC[C@H]4C3CC[C@@H]2C1. The van der Waals surface area contributed by atoms with Gasteiger partial charge < -0.3 is 14.2 Å². The summed E-state index contributed by atoms with van der Waals surface area (Å²) in [6, 6.07) is 0. The van der Waals surface area contributed by atoms with Crippen molar-refractivity contribution < 1.29 is 19.0 Å². The summed E-state index contributed by atoms with van der Waals surface area (Å²) in [6.45, 7) is 10.4. The fraction of sp³-hybridized carbons (Fsp3) is 0.960. The number of carbonyl (C=O) groups is 1. The van der Waals surface area contributed by atoms with Crippen LogP contribution in [0.2, 0.25) is 0 Å². The molecule has 2 unspecified atom stereocenters. The molecule has 0 N–H and O–H groups in total. The molecule has 0 aromatic carbocycles. The first-order valence-electron chi connectivity index (χ1n) is 12.2. The lowest BCUT2D eigenvalue weighted by Gasteiger charge is -2.61. The molecule has 0 aromatic heterocycles. The summed E-state index contributed by atoms with van der Waals surface area (Å²) >= 11 is 0. The number of rotatable bonds is 2. The van der Waals surface area contributed by atoms with E-state index in [0.717, 1.165) is 49.7 Å². The molecular weight excluding hydrogens is 364 g/mol. The van der Waals surface area contributed by atoms with Crippen LogP contribution in [0.5, 0.6) is 0 Å². The molecule has 4 saturated carbocycles. The molecule has 0 bridgehead atoms. The Labute approximate surface area is 176 Å². The molecule has 0 amide bonds. The Morgan fingerprint density at radius 2 is 1.55 bits per heavy atom. The van der Waals surface area contributed by atoms with Crippen LogP contribution in [0.3, 0.4) is 0 Å². The Bertz CT molecular complexity index is 655. The zero-order valence-electron chi connectivity index (χ0n) is 18.9. The van der Waals surface area contributed by atoms with Crippen molar-refractivity contribution >= 4 is 5.97 Å². The van der Waals surface area contributed by atoms with Crippen LogP contribution in [0, 0.1) is 40.4 Å². The standard InChI is InChI=1S/C25H40O4/c1-16(26)29-18-9-11-23(2)17(15-18)5-6-19-20-7-8-22(25(4)27-13-14-28-25)24(20,3)12-10-21(19)23/h17-22H,5-15H2,1-4H3/t17-,18-,19?,20+,21?,22+,23+,24+/m1/s1. The van der Waals surface area contributed by atoms with E-state index in [4.69, 9.17) is 14.2 Å². The van der Waals surface area contributed by atoms with Gasteiger partial charge in [0, 0.05) is 12.8 Å². The van der Waals surface area contributed by atoms with E-state index in [1.807, 2.05) is 0 Å². The van der Waals surface area contributed by atoms with Gasteiger partial charge in [-0.25, -0.2) is 0 Å². The van der Waals surface area contributed by atoms with Crippen molar-refractivity contribution in [2.75, 3.05) is 13.2 Å². The highest BCUT2D eigenvalue weighted by Crippen LogP contribution is 2.69. The molecule has 5 rings (SSSR count). The van der Waals surface area contributed by atoms with E-state index in [1.54, 1.807) is 6.92 Å². The van der Waals surface area contributed by atoms with Crippen molar-refractivity contribution in [1.82, 2.24) is 0 Å². The summed E-state index contributed by atoms with van der Waals surface area (Å²) in [5.74, 6) is 3.31. The largest absolute Gasteiger partial charge is 0.463 e. The zero-order chi connectivity index (χ0) is 20.4. The van der Waals surface area contributed by atoms with Crippen LogP contribution < -0.4 is 0 Å². The molecule has 4 nitrogen and oxygen atoms in total. The quantitative estimate of drug-likeness (QED) is 0.583. The maximum absolute atomic E-state index is 11.5. The van der Waals surface area contributed by atoms with Crippen molar-refractivity contribution in [3.63, 3.8) is 0 Å². The maximum Gasteiger partial charge on any atom is 0.302 e. The van der Waals surface area contributed by atoms with E-state index >= 15 is 0 Å². The summed E-state index contributed by atoms with van der Waals surface area (Å²) < 4.78 is 17.9. The summed E-state index contributed by atoms with van der Waals surface area (Å²) in [7, 11) is 0. The van der Waals surface area contributed by atoms with Gasteiger partial charge in [-0.2, -0.15) is 0 Å². The molecular formula is C25H40O4. The highest BCUT2D eigenvalue weighted by atomic mass is 16.7. The number of fused-ring (bicyclic) bond motifs is 5. The molecule has 0 spiro atoms. The van der Waals surface area contributed by atoms with Gasteiger partial charge in [0.05, 0.1) is 13.2 Å². The third-order valence-electron chi connectivity index (χ3n) is 10.4. The van der Waals surface area contributed by atoms with Gasteiger partial charge in [0.2, 0.25) is 0 Å². The first-order valence-corrected chi connectivity index (χ1v) is 12.2. The van der Waals surface area contributed by atoms with Gasteiger partial charge in [0.1, 0.15) is 6.10 Å². The van der Waals surface area contributed by atoms with Crippen LogP contribution in [0.4, 0.5) is 0 Å². The minimum Gasteiger partial charge on any atom is -0.463 e. The number of ether oxygens (including phenoxy) is 3. The number of carbonyl (C=O) groups excluding carboxylic acids is 1. The van der Waals surface area contributed by atoms with E-state index in [-0.39, 0.29) is 17.9 Å². The van der Waals surface area contributed by atoms with Crippen LogP contribution in [-0.2, 0) is 19.0 Å². The minimum absolute atomic E-state index is 0.109. The molecule has 29 heavy (non-hydrogen) atoms. The molecule has 4 aliphatic carbocycles. The molecule has 4 heteroatoms. The van der Waals surface area contributed by atoms with Crippen LogP contribution in [-0.4, -0.2) is 31.1 Å². The molecule has 0 aromatic rings. The summed E-state index contributed by atoms with van der Waals surface area (Å²) in [6.07, 6.45) is 11.5.